The first-order valence-corrected chi connectivity index (χ1v) is 7.95. The van der Waals surface area contributed by atoms with E-state index in [9.17, 15) is 9.59 Å². The van der Waals surface area contributed by atoms with E-state index in [1.54, 1.807) is 0 Å². The van der Waals surface area contributed by atoms with Gasteiger partial charge in [0.2, 0.25) is 0 Å². The van der Waals surface area contributed by atoms with Gasteiger partial charge in [0.1, 0.15) is 0 Å². The normalized spacial score (nSPS) is 16.2. The van der Waals surface area contributed by atoms with E-state index >= 15 is 0 Å². The SMILES string of the molecule is O=C(O)CCNC(=O)NC(c1ccc(Cl)cc1)C1CCCC1. The molecule has 1 fully saturated rings. The van der Waals surface area contributed by atoms with Crippen molar-refractivity contribution in [2.24, 2.45) is 5.92 Å². The lowest BCUT2D eigenvalue weighted by molar-refractivity contribution is -0.136. The van der Waals surface area contributed by atoms with E-state index in [1.165, 1.54) is 12.8 Å². The zero-order valence-corrected chi connectivity index (χ0v) is 13.1. The van der Waals surface area contributed by atoms with Crippen LogP contribution in [0, 0.1) is 5.92 Å². The van der Waals surface area contributed by atoms with E-state index in [0.717, 1.165) is 18.4 Å². The highest BCUT2D eigenvalue weighted by atomic mass is 35.5. The van der Waals surface area contributed by atoms with Gasteiger partial charge in [-0.1, -0.05) is 36.6 Å². The fourth-order valence-electron chi connectivity index (χ4n) is 2.91. The quantitative estimate of drug-likeness (QED) is 0.751. The Morgan fingerprint density at radius 3 is 2.45 bits per heavy atom. The molecule has 1 aliphatic carbocycles. The molecule has 1 saturated carbocycles. The molecule has 1 aromatic rings. The zero-order valence-electron chi connectivity index (χ0n) is 12.3. The smallest absolute Gasteiger partial charge is 0.315 e. The monoisotopic (exact) mass is 324 g/mol. The molecule has 22 heavy (non-hydrogen) atoms. The van der Waals surface area contributed by atoms with Crippen LogP contribution in [-0.4, -0.2) is 23.7 Å². The first-order valence-electron chi connectivity index (χ1n) is 7.58. The lowest BCUT2D eigenvalue weighted by Gasteiger charge is -2.25. The largest absolute Gasteiger partial charge is 0.481 e. The van der Waals surface area contributed by atoms with E-state index in [-0.39, 0.29) is 25.0 Å². The summed E-state index contributed by atoms with van der Waals surface area (Å²) in [6, 6.07) is 7.12. The lowest BCUT2D eigenvalue weighted by Crippen LogP contribution is -2.41. The number of hydrogen-bond donors (Lipinski definition) is 3. The molecule has 0 aromatic heterocycles. The number of carbonyl (C=O) groups is 2. The summed E-state index contributed by atoms with van der Waals surface area (Å²) < 4.78 is 0. The van der Waals surface area contributed by atoms with Gasteiger partial charge in [0.25, 0.3) is 0 Å². The van der Waals surface area contributed by atoms with E-state index in [1.807, 2.05) is 24.3 Å². The van der Waals surface area contributed by atoms with Crippen molar-refractivity contribution < 1.29 is 14.7 Å². The molecule has 5 nitrogen and oxygen atoms in total. The predicted molar refractivity (Wildman–Crippen MR) is 84.9 cm³/mol. The van der Waals surface area contributed by atoms with Gasteiger partial charge in [-0.2, -0.15) is 0 Å². The molecule has 0 spiro atoms. The molecule has 0 heterocycles. The van der Waals surface area contributed by atoms with Gasteiger partial charge in [0.15, 0.2) is 0 Å². The van der Waals surface area contributed by atoms with Crippen molar-refractivity contribution in [3.63, 3.8) is 0 Å². The number of nitrogens with one attached hydrogen (secondary N) is 2. The number of urea groups is 1. The Bertz CT molecular complexity index is 513. The highest BCUT2D eigenvalue weighted by molar-refractivity contribution is 6.30. The van der Waals surface area contributed by atoms with Crippen LogP contribution in [0.1, 0.15) is 43.7 Å². The Labute approximate surface area is 135 Å². The van der Waals surface area contributed by atoms with Crippen LogP contribution in [0.3, 0.4) is 0 Å². The summed E-state index contributed by atoms with van der Waals surface area (Å²) in [7, 11) is 0. The zero-order chi connectivity index (χ0) is 15.9. The van der Waals surface area contributed by atoms with E-state index in [4.69, 9.17) is 16.7 Å². The number of aliphatic carboxylic acids is 1. The van der Waals surface area contributed by atoms with Gasteiger partial charge in [0.05, 0.1) is 12.5 Å². The van der Waals surface area contributed by atoms with Crippen molar-refractivity contribution in [3.05, 3.63) is 34.9 Å². The van der Waals surface area contributed by atoms with Crippen molar-refractivity contribution in [2.45, 2.75) is 38.1 Å². The second kappa shape index (κ2) is 8.03. The highest BCUT2D eigenvalue weighted by Gasteiger charge is 2.27. The van der Waals surface area contributed by atoms with Crippen LogP contribution in [0.2, 0.25) is 5.02 Å². The third-order valence-electron chi connectivity index (χ3n) is 4.01. The van der Waals surface area contributed by atoms with Crippen LogP contribution in [-0.2, 0) is 4.79 Å². The number of halogens is 1. The van der Waals surface area contributed by atoms with Gasteiger partial charge in [-0.25, -0.2) is 4.79 Å². The van der Waals surface area contributed by atoms with Crippen molar-refractivity contribution >= 4 is 23.6 Å². The fraction of sp³-hybridized carbons (Fsp3) is 0.500. The third kappa shape index (κ3) is 4.91. The first-order chi connectivity index (χ1) is 10.6. The predicted octanol–water partition coefficient (Wildman–Crippen LogP) is 3.35. The number of carboxylic acid groups (broad SMARTS) is 1. The summed E-state index contributed by atoms with van der Waals surface area (Å²) >= 11 is 5.92. The van der Waals surface area contributed by atoms with E-state index < -0.39 is 5.97 Å². The van der Waals surface area contributed by atoms with Crippen LogP contribution in [0.5, 0.6) is 0 Å². The molecule has 0 bridgehead atoms. The Morgan fingerprint density at radius 1 is 1.23 bits per heavy atom. The summed E-state index contributed by atoms with van der Waals surface area (Å²) in [4.78, 5) is 22.5. The van der Waals surface area contributed by atoms with Gasteiger partial charge in [-0.15, -0.1) is 0 Å². The number of carbonyl (C=O) groups excluding carboxylic acids is 1. The van der Waals surface area contributed by atoms with Crippen molar-refractivity contribution in [2.75, 3.05) is 6.54 Å². The molecule has 1 atom stereocenters. The van der Waals surface area contributed by atoms with Crippen molar-refractivity contribution in [1.82, 2.24) is 10.6 Å². The number of rotatable bonds is 6. The minimum Gasteiger partial charge on any atom is -0.481 e. The molecule has 3 N–H and O–H groups in total. The molecule has 0 saturated heterocycles. The Kier molecular flexibility index (Phi) is 6.07. The highest BCUT2D eigenvalue weighted by Crippen LogP contribution is 2.36. The van der Waals surface area contributed by atoms with Crippen LogP contribution in [0.15, 0.2) is 24.3 Å². The summed E-state index contributed by atoms with van der Waals surface area (Å²) in [5, 5.41) is 14.8. The van der Waals surface area contributed by atoms with E-state index in [0.29, 0.717) is 10.9 Å². The summed E-state index contributed by atoms with van der Waals surface area (Å²) in [6.07, 6.45) is 4.45. The van der Waals surface area contributed by atoms with Gasteiger partial charge in [-0.3, -0.25) is 4.79 Å². The fourth-order valence-corrected chi connectivity index (χ4v) is 3.04. The Morgan fingerprint density at radius 2 is 1.86 bits per heavy atom. The van der Waals surface area contributed by atoms with Gasteiger partial charge < -0.3 is 15.7 Å². The maximum atomic E-state index is 12.0. The topological polar surface area (TPSA) is 78.4 Å². The lowest BCUT2D eigenvalue weighted by atomic mass is 9.92. The van der Waals surface area contributed by atoms with Gasteiger partial charge >= 0.3 is 12.0 Å². The van der Waals surface area contributed by atoms with Crippen molar-refractivity contribution in [1.29, 1.82) is 0 Å². The molecule has 1 unspecified atom stereocenters. The minimum atomic E-state index is -0.926. The molecule has 0 aliphatic heterocycles. The number of carboxylic acids is 1. The number of amides is 2. The Hall–Kier alpha value is -1.75. The van der Waals surface area contributed by atoms with Crippen LogP contribution < -0.4 is 10.6 Å². The average molecular weight is 325 g/mol. The second-order valence-corrected chi connectivity index (χ2v) is 6.05. The molecule has 1 aliphatic rings. The summed E-state index contributed by atoms with van der Waals surface area (Å²) in [5.41, 5.74) is 1.03. The molecular weight excluding hydrogens is 304 g/mol. The average Bonchev–Trinajstić information content (AvgIpc) is 2.99. The molecular formula is C16H21ClN2O3. The first kappa shape index (κ1) is 16.6. The standard InChI is InChI=1S/C16H21ClN2O3/c17-13-7-5-12(6-8-13)15(11-3-1-2-4-11)19-16(22)18-10-9-14(20)21/h5-8,11,15H,1-4,9-10H2,(H,20,21)(H2,18,19,22). The molecule has 1 aromatic carbocycles. The maximum Gasteiger partial charge on any atom is 0.315 e. The molecule has 6 heteroatoms. The molecule has 2 amide bonds. The minimum absolute atomic E-state index is 0.0652. The van der Waals surface area contributed by atoms with Gasteiger partial charge in [0, 0.05) is 11.6 Å². The molecule has 2 rings (SSSR count). The van der Waals surface area contributed by atoms with Crippen LogP contribution in [0.25, 0.3) is 0 Å². The van der Waals surface area contributed by atoms with Crippen LogP contribution in [0.4, 0.5) is 4.79 Å². The second-order valence-electron chi connectivity index (χ2n) is 5.62. The number of benzene rings is 1. The Balaban J connectivity index is 2.00. The maximum absolute atomic E-state index is 12.0. The van der Waals surface area contributed by atoms with Gasteiger partial charge in [-0.05, 0) is 36.5 Å². The third-order valence-corrected chi connectivity index (χ3v) is 4.26. The van der Waals surface area contributed by atoms with Crippen LogP contribution >= 0.6 is 11.6 Å². The van der Waals surface area contributed by atoms with E-state index in [2.05, 4.69) is 10.6 Å². The van der Waals surface area contributed by atoms with Crippen molar-refractivity contribution in [3.8, 4) is 0 Å². The molecule has 0 radical (unpaired) electrons. The summed E-state index contributed by atoms with van der Waals surface area (Å²) in [5.74, 6) is -0.517. The number of hydrogen-bond acceptors (Lipinski definition) is 2. The summed E-state index contributed by atoms with van der Waals surface area (Å²) in [6.45, 7) is 0.124. The molecule has 120 valence electrons.